The van der Waals surface area contributed by atoms with Crippen molar-refractivity contribution >= 4 is 11.9 Å². The van der Waals surface area contributed by atoms with E-state index in [1.165, 1.54) is 0 Å². The number of nitrogens with one attached hydrogen (secondary N) is 1. The van der Waals surface area contributed by atoms with Crippen molar-refractivity contribution in [3.8, 4) is 0 Å². The molecule has 0 aliphatic heterocycles. The average Bonchev–Trinajstić information content (AvgIpc) is 2.35. The van der Waals surface area contributed by atoms with E-state index in [4.69, 9.17) is 4.74 Å². The van der Waals surface area contributed by atoms with Crippen LogP contribution >= 0.6 is 0 Å². The van der Waals surface area contributed by atoms with E-state index < -0.39 is 11.9 Å². The minimum Gasteiger partial charge on any atom is -0.457 e. The summed E-state index contributed by atoms with van der Waals surface area (Å²) in [7, 11) is 0. The third kappa shape index (κ3) is 4.41. The molecule has 0 aromatic heterocycles. The second-order valence-electron chi connectivity index (χ2n) is 4.17. The van der Waals surface area contributed by atoms with E-state index in [0.717, 1.165) is 5.56 Å². The minimum absolute atomic E-state index is 0.0452. The van der Waals surface area contributed by atoms with Crippen LogP contribution in [0.25, 0.3) is 0 Å². The molecule has 96 valence electrons. The number of amides is 1. The maximum absolute atomic E-state index is 11.6. The number of hydrogen-bond acceptors (Lipinski definition) is 3. The summed E-state index contributed by atoms with van der Waals surface area (Å²) in [6.45, 7) is 7.18. The number of benzene rings is 1. The van der Waals surface area contributed by atoms with E-state index in [1.807, 2.05) is 30.3 Å². The van der Waals surface area contributed by atoms with Gasteiger partial charge in [0.15, 0.2) is 0 Å². The Labute approximate surface area is 107 Å². The first-order valence-electron chi connectivity index (χ1n) is 5.71. The van der Waals surface area contributed by atoms with Crippen molar-refractivity contribution in [3.05, 3.63) is 48.0 Å². The van der Waals surface area contributed by atoms with E-state index >= 15 is 0 Å². The van der Waals surface area contributed by atoms with Gasteiger partial charge in [0.25, 0.3) is 5.91 Å². The lowest BCUT2D eigenvalue weighted by Crippen LogP contribution is -2.33. The van der Waals surface area contributed by atoms with Crippen LogP contribution in [0.5, 0.6) is 0 Å². The summed E-state index contributed by atoms with van der Waals surface area (Å²) in [5.41, 5.74) is 0.683. The van der Waals surface area contributed by atoms with E-state index in [0.29, 0.717) is 0 Å². The molecule has 4 nitrogen and oxygen atoms in total. The van der Waals surface area contributed by atoms with Crippen LogP contribution in [0.2, 0.25) is 0 Å². The van der Waals surface area contributed by atoms with Gasteiger partial charge in [-0.05, 0) is 19.4 Å². The highest BCUT2D eigenvalue weighted by molar-refractivity contribution is 6.15. The standard InChI is InChI=1S/C14H17NO3/c1-10(2)15-13(16)11(3)14(17)18-9-12-7-5-4-6-8-12/h4-8,10H,3,9H2,1-2H3,(H,15,16). The Balaban J connectivity index is 2.46. The highest BCUT2D eigenvalue weighted by atomic mass is 16.5. The lowest BCUT2D eigenvalue weighted by atomic mass is 10.2. The van der Waals surface area contributed by atoms with Crippen LogP contribution in [0.4, 0.5) is 0 Å². The van der Waals surface area contributed by atoms with Crippen LogP contribution < -0.4 is 5.32 Å². The summed E-state index contributed by atoms with van der Waals surface area (Å²) in [6.07, 6.45) is 0. The molecule has 0 fully saturated rings. The number of carbonyl (C=O) groups excluding carboxylic acids is 2. The first-order chi connectivity index (χ1) is 8.50. The van der Waals surface area contributed by atoms with Gasteiger partial charge in [0, 0.05) is 6.04 Å². The molecule has 1 aromatic carbocycles. The summed E-state index contributed by atoms with van der Waals surface area (Å²) in [6, 6.07) is 9.21. The van der Waals surface area contributed by atoms with Gasteiger partial charge in [0.1, 0.15) is 12.2 Å². The largest absolute Gasteiger partial charge is 0.457 e. The van der Waals surface area contributed by atoms with Gasteiger partial charge in [-0.15, -0.1) is 0 Å². The van der Waals surface area contributed by atoms with Gasteiger partial charge in [0.05, 0.1) is 0 Å². The van der Waals surface area contributed by atoms with Crippen LogP contribution in [-0.4, -0.2) is 17.9 Å². The number of ether oxygens (including phenoxy) is 1. The molecule has 0 atom stereocenters. The van der Waals surface area contributed by atoms with Gasteiger partial charge in [-0.25, -0.2) is 4.79 Å². The van der Waals surface area contributed by atoms with E-state index in [-0.39, 0.29) is 18.2 Å². The molecule has 0 unspecified atom stereocenters. The SMILES string of the molecule is C=C(C(=O)NC(C)C)C(=O)OCc1ccccc1. The Morgan fingerprint density at radius 1 is 1.28 bits per heavy atom. The number of esters is 1. The highest BCUT2D eigenvalue weighted by Crippen LogP contribution is 2.03. The topological polar surface area (TPSA) is 55.4 Å². The maximum Gasteiger partial charge on any atom is 0.343 e. The number of hydrogen-bond donors (Lipinski definition) is 1. The molecular formula is C14H17NO3. The molecule has 0 bridgehead atoms. The van der Waals surface area contributed by atoms with Crippen LogP contribution in [0, 0.1) is 0 Å². The van der Waals surface area contributed by atoms with E-state index in [1.54, 1.807) is 13.8 Å². The fourth-order valence-corrected chi connectivity index (χ4v) is 1.25. The monoisotopic (exact) mass is 247 g/mol. The Morgan fingerprint density at radius 3 is 2.44 bits per heavy atom. The molecule has 0 aliphatic carbocycles. The molecule has 1 amide bonds. The van der Waals surface area contributed by atoms with Crippen LogP contribution in [0.1, 0.15) is 19.4 Å². The second kappa shape index (κ2) is 6.59. The van der Waals surface area contributed by atoms with Crippen molar-refractivity contribution in [2.45, 2.75) is 26.5 Å². The zero-order valence-electron chi connectivity index (χ0n) is 10.6. The minimum atomic E-state index is -0.697. The van der Waals surface area contributed by atoms with Gasteiger partial charge in [-0.2, -0.15) is 0 Å². The summed E-state index contributed by atoms with van der Waals surface area (Å²) in [5, 5.41) is 2.58. The Bertz CT molecular complexity index is 438. The normalized spacial score (nSPS) is 9.94. The van der Waals surface area contributed by atoms with E-state index in [9.17, 15) is 9.59 Å². The van der Waals surface area contributed by atoms with E-state index in [2.05, 4.69) is 11.9 Å². The number of carbonyl (C=O) groups is 2. The smallest absolute Gasteiger partial charge is 0.343 e. The Morgan fingerprint density at radius 2 is 1.89 bits per heavy atom. The first kappa shape index (κ1) is 14.0. The highest BCUT2D eigenvalue weighted by Gasteiger charge is 2.17. The van der Waals surface area contributed by atoms with Crippen molar-refractivity contribution in [3.63, 3.8) is 0 Å². The van der Waals surface area contributed by atoms with Gasteiger partial charge < -0.3 is 10.1 Å². The second-order valence-corrected chi connectivity index (χ2v) is 4.17. The average molecular weight is 247 g/mol. The number of rotatable bonds is 5. The molecule has 0 aliphatic rings. The third-order valence-electron chi connectivity index (χ3n) is 2.15. The maximum atomic E-state index is 11.6. The molecule has 0 radical (unpaired) electrons. The van der Waals surface area contributed by atoms with Crippen molar-refractivity contribution in [2.24, 2.45) is 0 Å². The summed E-state index contributed by atoms with van der Waals surface area (Å²) in [4.78, 5) is 23.1. The van der Waals surface area contributed by atoms with Crippen molar-refractivity contribution in [1.82, 2.24) is 5.32 Å². The van der Waals surface area contributed by atoms with Crippen molar-refractivity contribution in [1.29, 1.82) is 0 Å². The molecule has 1 rings (SSSR count). The fraction of sp³-hybridized carbons (Fsp3) is 0.286. The fourth-order valence-electron chi connectivity index (χ4n) is 1.25. The molecule has 4 heteroatoms. The lowest BCUT2D eigenvalue weighted by molar-refractivity contribution is -0.141. The van der Waals surface area contributed by atoms with Crippen LogP contribution in [-0.2, 0) is 20.9 Å². The molecule has 0 heterocycles. The van der Waals surface area contributed by atoms with Crippen molar-refractivity contribution < 1.29 is 14.3 Å². The molecule has 1 N–H and O–H groups in total. The third-order valence-corrected chi connectivity index (χ3v) is 2.15. The summed E-state index contributed by atoms with van der Waals surface area (Å²) < 4.78 is 4.99. The zero-order valence-corrected chi connectivity index (χ0v) is 10.6. The Kier molecular flexibility index (Phi) is 5.11. The summed E-state index contributed by atoms with van der Waals surface area (Å²) >= 11 is 0. The molecular weight excluding hydrogens is 230 g/mol. The molecule has 1 aromatic rings. The predicted octanol–water partition coefficient (Wildman–Crippen LogP) is 1.81. The summed E-state index contributed by atoms with van der Waals surface area (Å²) in [5.74, 6) is -1.19. The van der Waals surface area contributed by atoms with Gasteiger partial charge >= 0.3 is 5.97 Å². The Hall–Kier alpha value is -2.10. The first-order valence-corrected chi connectivity index (χ1v) is 5.71. The van der Waals surface area contributed by atoms with Crippen molar-refractivity contribution in [2.75, 3.05) is 0 Å². The van der Waals surface area contributed by atoms with Crippen LogP contribution in [0.15, 0.2) is 42.5 Å². The predicted molar refractivity (Wildman–Crippen MR) is 68.7 cm³/mol. The molecule has 0 spiro atoms. The lowest BCUT2D eigenvalue weighted by Gasteiger charge is -2.10. The quantitative estimate of drug-likeness (QED) is 0.373. The van der Waals surface area contributed by atoms with Crippen LogP contribution in [0.3, 0.4) is 0 Å². The molecule has 0 saturated carbocycles. The zero-order chi connectivity index (χ0) is 13.5. The molecule has 18 heavy (non-hydrogen) atoms. The van der Waals surface area contributed by atoms with Gasteiger partial charge in [0.2, 0.25) is 0 Å². The van der Waals surface area contributed by atoms with Gasteiger partial charge in [-0.1, -0.05) is 36.9 Å². The molecule has 0 saturated heterocycles. The van der Waals surface area contributed by atoms with Gasteiger partial charge in [-0.3, -0.25) is 4.79 Å².